The summed E-state index contributed by atoms with van der Waals surface area (Å²) in [6.07, 6.45) is 0. The van der Waals surface area contributed by atoms with Crippen molar-refractivity contribution in [1.82, 2.24) is 5.32 Å². The summed E-state index contributed by atoms with van der Waals surface area (Å²) in [7, 11) is 0. The first-order chi connectivity index (χ1) is 9.49. The van der Waals surface area contributed by atoms with Crippen LogP contribution in [0.5, 0.6) is 0 Å². The van der Waals surface area contributed by atoms with E-state index in [0.717, 1.165) is 26.7 Å². The van der Waals surface area contributed by atoms with Crippen LogP contribution < -0.4 is 5.32 Å². The van der Waals surface area contributed by atoms with Gasteiger partial charge >= 0.3 is 0 Å². The van der Waals surface area contributed by atoms with Crippen LogP contribution in [-0.2, 0) is 0 Å². The van der Waals surface area contributed by atoms with Crippen molar-refractivity contribution in [3.63, 3.8) is 0 Å². The van der Waals surface area contributed by atoms with Gasteiger partial charge < -0.3 is 5.32 Å². The fourth-order valence-electron chi connectivity index (χ4n) is 2.36. The van der Waals surface area contributed by atoms with E-state index >= 15 is 0 Å². The van der Waals surface area contributed by atoms with Crippen molar-refractivity contribution in [1.29, 1.82) is 0 Å². The first kappa shape index (κ1) is 14.8. The van der Waals surface area contributed by atoms with E-state index in [1.807, 2.05) is 63.2 Å². The van der Waals surface area contributed by atoms with Crippen LogP contribution in [0.3, 0.4) is 0 Å². The second-order valence-electron chi connectivity index (χ2n) is 5.02. The van der Waals surface area contributed by atoms with Crippen LogP contribution in [0.25, 0.3) is 0 Å². The minimum Gasteiger partial charge on any atom is -0.346 e. The van der Waals surface area contributed by atoms with Gasteiger partial charge in [0.1, 0.15) is 0 Å². The lowest BCUT2D eigenvalue weighted by Crippen LogP contribution is -2.28. The van der Waals surface area contributed by atoms with E-state index in [4.69, 9.17) is 0 Å². The van der Waals surface area contributed by atoms with Crippen LogP contribution in [0.1, 0.15) is 40.0 Å². The molecule has 0 aliphatic carbocycles. The second kappa shape index (κ2) is 6.23. The lowest BCUT2D eigenvalue weighted by Gasteiger charge is -2.17. The van der Waals surface area contributed by atoms with Gasteiger partial charge in [0.05, 0.1) is 6.04 Å². The molecule has 2 aromatic rings. The fourth-order valence-corrected chi connectivity index (χ4v) is 3.05. The van der Waals surface area contributed by atoms with Crippen molar-refractivity contribution >= 4 is 21.8 Å². The zero-order valence-corrected chi connectivity index (χ0v) is 13.5. The molecule has 0 saturated carbocycles. The third kappa shape index (κ3) is 3.28. The minimum absolute atomic E-state index is 0.00820. The van der Waals surface area contributed by atoms with Crippen LogP contribution in [-0.4, -0.2) is 5.91 Å². The van der Waals surface area contributed by atoms with Crippen LogP contribution in [0, 0.1) is 13.8 Å². The Bertz CT molecular complexity index is 599. The maximum atomic E-state index is 12.5. The number of hydrogen-bond donors (Lipinski definition) is 1. The average molecular weight is 332 g/mol. The SMILES string of the molecule is Cc1cc(Br)cc(C)c1C(=O)N[C@H](C)c1ccccc1. The van der Waals surface area contributed by atoms with E-state index in [-0.39, 0.29) is 11.9 Å². The standard InChI is InChI=1S/C17H18BrNO/c1-11-9-15(18)10-12(2)16(11)17(20)19-13(3)14-7-5-4-6-8-14/h4-10,13H,1-3H3,(H,19,20)/t13-/m1/s1. The number of nitrogens with one attached hydrogen (secondary N) is 1. The number of rotatable bonds is 3. The van der Waals surface area contributed by atoms with Gasteiger partial charge in [-0.3, -0.25) is 4.79 Å². The number of benzene rings is 2. The normalized spacial score (nSPS) is 12.0. The Kier molecular flexibility index (Phi) is 4.61. The molecule has 2 nitrogen and oxygen atoms in total. The maximum Gasteiger partial charge on any atom is 0.252 e. The molecule has 3 heteroatoms. The van der Waals surface area contributed by atoms with Crippen LogP contribution in [0.15, 0.2) is 46.9 Å². The Morgan fingerprint density at radius 2 is 1.65 bits per heavy atom. The fraction of sp³-hybridized carbons (Fsp3) is 0.235. The van der Waals surface area contributed by atoms with Gasteiger partial charge in [-0.25, -0.2) is 0 Å². The second-order valence-corrected chi connectivity index (χ2v) is 5.94. The molecule has 1 amide bonds. The average Bonchev–Trinajstić information content (AvgIpc) is 2.38. The van der Waals surface area contributed by atoms with E-state index in [0.29, 0.717) is 0 Å². The zero-order valence-electron chi connectivity index (χ0n) is 11.9. The summed E-state index contributed by atoms with van der Waals surface area (Å²) in [5.41, 5.74) is 3.83. The quantitative estimate of drug-likeness (QED) is 0.877. The maximum absolute atomic E-state index is 12.5. The van der Waals surface area contributed by atoms with Crippen molar-refractivity contribution in [2.45, 2.75) is 26.8 Å². The molecule has 1 N–H and O–H groups in total. The summed E-state index contributed by atoms with van der Waals surface area (Å²) >= 11 is 3.45. The summed E-state index contributed by atoms with van der Waals surface area (Å²) in [4.78, 5) is 12.5. The Balaban J connectivity index is 2.21. The van der Waals surface area contributed by atoms with Crippen molar-refractivity contribution in [3.05, 3.63) is 69.2 Å². The molecular formula is C17H18BrNO. The van der Waals surface area contributed by atoms with E-state index in [9.17, 15) is 4.79 Å². The Hall–Kier alpha value is -1.61. The Morgan fingerprint density at radius 3 is 2.20 bits per heavy atom. The molecular weight excluding hydrogens is 314 g/mol. The molecule has 0 bridgehead atoms. The van der Waals surface area contributed by atoms with Gasteiger partial charge in [-0.15, -0.1) is 0 Å². The number of hydrogen-bond acceptors (Lipinski definition) is 1. The van der Waals surface area contributed by atoms with Gasteiger partial charge in [0.2, 0.25) is 0 Å². The van der Waals surface area contributed by atoms with Crippen LogP contribution in [0.2, 0.25) is 0 Å². The van der Waals surface area contributed by atoms with E-state index < -0.39 is 0 Å². The smallest absolute Gasteiger partial charge is 0.252 e. The molecule has 20 heavy (non-hydrogen) atoms. The number of amides is 1. The van der Waals surface area contributed by atoms with Gasteiger partial charge in [-0.2, -0.15) is 0 Å². The summed E-state index contributed by atoms with van der Waals surface area (Å²) in [6.45, 7) is 5.91. The first-order valence-corrected chi connectivity index (χ1v) is 7.41. The number of halogens is 1. The van der Waals surface area contributed by atoms with Crippen LogP contribution in [0.4, 0.5) is 0 Å². The van der Waals surface area contributed by atoms with E-state index in [1.54, 1.807) is 0 Å². The monoisotopic (exact) mass is 331 g/mol. The summed E-state index contributed by atoms with van der Waals surface area (Å²) in [5.74, 6) is -0.0242. The lowest BCUT2D eigenvalue weighted by atomic mass is 10.0. The van der Waals surface area contributed by atoms with E-state index in [1.165, 1.54) is 0 Å². The van der Waals surface area contributed by atoms with Gasteiger partial charge in [0.25, 0.3) is 5.91 Å². The van der Waals surface area contributed by atoms with Crippen molar-refractivity contribution < 1.29 is 4.79 Å². The molecule has 2 aromatic carbocycles. The molecule has 104 valence electrons. The molecule has 0 heterocycles. The molecule has 0 saturated heterocycles. The topological polar surface area (TPSA) is 29.1 Å². The molecule has 0 aliphatic rings. The molecule has 0 spiro atoms. The highest BCUT2D eigenvalue weighted by Gasteiger charge is 2.15. The number of carbonyl (C=O) groups is 1. The van der Waals surface area contributed by atoms with Gasteiger partial charge in [0, 0.05) is 10.0 Å². The van der Waals surface area contributed by atoms with Crippen LogP contribution >= 0.6 is 15.9 Å². The molecule has 0 fully saturated rings. The number of aryl methyl sites for hydroxylation is 2. The molecule has 0 aliphatic heterocycles. The first-order valence-electron chi connectivity index (χ1n) is 6.61. The molecule has 0 unspecified atom stereocenters. The highest BCUT2D eigenvalue weighted by molar-refractivity contribution is 9.10. The Morgan fingerprint density at radius 1 is 1.10 bits per heavy atom. The molecule has 0 radical (unpaired) electrons. The highest BCUT2D eigenvalue weighted by atomic mass is 79.9. The minimum atomic E-state index is -0.0242. The molecule has 0 aromatic heterocycles. The summed E-state index contributed by atoms with van der Waals surface area (Å²) in [6, 6.07) is 13.9. The zero-order chi connectivity index (χ0) is 14.7. The van der Waals surface area contributed by atoms with Gasteiger partial charge in [-0.1, -0.05) is 46.3 Å². The highest BCUT2D eigenvalue weighted by Crippen LogP contribution is 2.21. The molecule has 2 rings (SSSR count). The number of carbonyl (C=O) groups excluding carboxylic acids is 1. The van der Waals surface area contributed by atoms with Crippen molar-refractivity contribution in [2.75, 3.05) is 0 Å². The lowest BCUT2D eigenvalue weighted by molar-refractivity contribution is 0.0938. The largest absolute Gasteiger partial charge is 0.346 e. The summed E-state index contributed by atoms with van der Waals surface area (Å²) < 4.78 is 1.00. The van der Waals surface area contributed by atoms with Gasteiger partial charge in [0.15, 0.2) is 0 Å². The van der Waals surface area contributed by atoms with E-state index in [2.05, 4.69) is 21.2 Å². The van der Waals surface area contributed by atoms with Gasteiger partial charge in [-0.05, 0) is 49.6 Å². The predicted molar refractivity (Wildman–Crippen MR) is 85.9 cm³/mol. The Labute approximate surface area is 128 Å². The van der Waals surface area contributed by atoms with Crippen molar-refractivity contribution in [3.8, 4) is 0 Å². The third-order valence-corrected chi connectivity index (χ3v) is 3.83. The summed E-state index contributed by atoms with van der Waals surface area (Å²) in [5, 5.41) is 3.06. The van der Waals surface area contributed by atoms with Crippen molar-refractivity contribution in [2.24, 2.45) is 0 Å². The predicted octanol–water partition coefficient (Wildman–Crippen LogP) is 4.56. The third-order valence-electron chi connectivity index (χ3n) is 3.37. The molecule has 1 atom stereocenters.